The molecule has 0 spiro atoms. The van der Waals surface area contributed by atoms with Gasteiger partial charge in [-0.3, -0.25) is 9.47 Å². The molecule has 2 heterocycles. The molecule has 0 unspecified atom stereocenters. The molecule has 3 aromatic carbocycles. The predicted octanol–water partition coefficient (Wildman–Crippen LogP) is 4.42. The Balaban J connectivity index is 1.34. The fraction of sp³-hybridized carbons (Fsp3) is 0.280. The molecule has 6 nitrogen and oxygen atoms in total. The number of nitrogens with zero attached hydrogens (tertiary/aromatic N) is 4. The minimum absolute atomic E-state index is 0.347. The Kier molecular flexibility index (Phi) is 6.67. The number of rotatable bonds is 8. The summed E-state index contributed by atoms with van der Waals surface area (Å²) in [4.78, 5) is 2.43. The summed E-state index contributed by atoms with van der Waals surface area (Å²) in [6.45, 7) is 4.99. The van der Waals surface area contributed by atoms with Gasteiger partial charge in [0.1, 0.15) is 12.4 Å². The van der Waals surface area contributed by atoms with Crippen molar-refractivity contribution in [3.8, 4) is 11.4 Å². The van der Waals surface area contributed by atoms with Crippen LogP contribution in [0.2, 0.25) is 0 Å². The molecule has 0 radical (unpaired) electrons. The van der Waals surface area contributed by atoms with Crippen LogP contribution in [-0.4, -0.2) is 58.3 Å². The van der Waals surface area contributed by atoms with Crippen molar-refractivity contribution in [1.29, 1.82) is 0 Å². The molecular weight excluding hydrogens is 420 g/mol. The SMILES string of the molecule is c1ccc(-n2c(COc3cccc4ccccc34)nnc2SCCN2CCOCC2)cc1. The number of morpholine rings is 1. The Labute approximate surface area is 192 Å². The van der Waals surface area contributed by atoms with E-state index in [1.807, 2.05) is 42.5 Å². The van der Waals surface area contributed by atoms with Crippen LogP contribution in [-0.2, 0) is 11.3 Å². The normalized spacial score (nSPS) is 14.6. The van der Waals surface area contributed by atoms with Crippen molar-refractivity contribution in [1.82, 2.24) is 19.7 Å². The summed E-state index contributed by atoms with van der Waals surface area (Å²) >= 11 is 1.73. The average Bonchev–Trinajstić information content (AvgIpc) is 3.26. The molecular formula is C25H26N4O2S. The summed E-state index contributed by atoms with van der Waals surface area (Å²) in [7, 11) is 0. The molecule has 1 aliphatic heterocycles. The molecule has 0 aliphatic carbocycles. The molecule has 0 amide bonds. The first-order valence-corrected chi connectivity index (χ1v) is 11.9. The van der Waals surface area contributed by atoms with E-state index in [1.165, 1.54) is 0 Å². The van der Waals surface area contributed by atoms with Crippen LogP contribution < -0.4 is 4.74 Å². The third-order valence-corrected chi connectivity index (χ3v) is 6.47. The highest BCUT2D eigenvalue weighted by molar-refractivity contribution is 7.99. The van der Waals surface area contributed by atoms with E-state index in [-0.39, 0.29) is 0 Å². The van der Waals surface area contributed by atoms with Crippen molar-refractivity contribution in [2.75, 3.05) is 38.6 Å². The fourth-order valence-electron chi connectivity index (χ4n) is 3.88. The van der Waals surface area contributed by atoms with Crippen molar-refractivity contribution in [2.24, 2.45) is 0 Å². The summed E-state index contributed by atoms with van der Waals surface area (Å²) in [6, 6.07) is 24.6. The van der Waals surface area contributed by atoms with E-state index in [4.69, 9.17) is 9.47 Å². The molecule has 1 saturated heterocycles. The number of fused-ring (bicyclic) bond motifs is 1. The van der Waals surface area contributed by atoms with Gasteiger partial charge in [-0.15, -0.1) is 10.2 Å². The monoisotopic (exact) mass is 446 g/mol. The van der Waals surface area contributed by atoms with Gasteiger partial charge in [-0.25, -0.2) is 0 Å². The van der Waals surface area contributed by atoms with Gasteiger partial charge in [-0.1, -0.05) is 66.4 Å². The first kappa shape index (κ1) is 21.0. The van der Waals surface area contributed by atoms with E-state index in [9.17, 15) is 0 Å². The lowest BCUT2D eigenvalue weighted by Crippen LogP contribution is -2.37. The number of benzene rings is 3. The van der Waals surface area contributed by atoms with E-state index >= 15 is 0 Å². The van der Waals surface area contributed by atoms with Crippen molar-refractivity contribution < 1.29 is 9.47 Å². The van der Waals surface area contributed by atoms with Crippen LogP contribution in [0.3, 0.4) is 0 Å². The number of thioether (sulfide) groups is 1. The van der Waals surface area contributed by atoms with Crippen LogP contribution in [0.25, 0.3) is 16.5 Å². The third kappa shape index (κ3) is 4.80. The summed E-state index contributed by atoms with van der Waals surface area (Å²) in [5.74, 6) is 2.60. The molecule has 1 aliphatic rings. The molecule has 1 fully saturated rings. The van der Waals surface area contributed by atoms with E-state index in [0.717, 1.165) is 71.8 Å². The van der Waals surface area contributed by atoms with Gasteiger partial charge in [0.25, 0.3) is 0 Å². The van der Waals surface area contributed by atoms with Gasteiger partial charge in [0.2, 0.25) is 0 Å². The van der Waals surface area contributed by atoms with Crippen molar-refractivity contribution in [2.45, 2.75) is 11.8 Å². The minimum atomic E-state index is 0.347. The molecule has 32 heavy (non-hydrogen) atoms. The van der Waals surface area contributed by atoms with E-state index in [1.54, 1.807) is 11.8 Å². The van der Waals surface area contributed by atoms with Crippen molar-refractivity contribution in [3.63, 3.8) is 0 Å². The zero-order valence-corrected chi connectivity index (χ0v) is 18.7. The lowest BCUT2D eigenvalue weighted by atomic mass is 10.1. The number of hydrogen-bond donors (Lipinski definition) is 0. The largest absolute Gasteiger partial charge is 0.485 e. The number of aromatic nitrogens is 3. The molecule has 0 N–H and O–H groups in total. The molecule has 7 heteroatoms. The van der Waals surface area contributed by atoms with Crippen molar-refractivity contribution >= 4 is 22.5 Å². The molecule has 164 valence electrons. The van der Waals surface area contributed by atoms with Crippen LogP contribution >= 0.6 is 11.8 Å². The maximum atomic E-state index is 6.23. The summed E-state index contributed by atoms with van der Waals surface area (Å²) in [5, 5.41) is 12.1. The van der Waals surface area contributed by atoms with Crippen molar-refractivity contribution in [3.05, 3.63) is 78.6 Å². The van der Waals surface area contributed by atoms with Crippen LogP contribution in [0, 0.1) is 0 Å². The van der Waals surface area contributed by atoms with Crippen LogP contribution in [0.5, 0.6) is 5.75 Å². The number of para-hydroxylation sites is 1. The highest BCUT2D eigenvalue weighted by atomic mass is 32.2. The minimum Gasteiger partial charge on any atom is -0.485 e. The average molecular weight is 447 g/mol. The summed E-state index contributed by atoms with van der Waals surface area (Å²) in [6.07, 6.45) is 0. The third-order valence-electron chi connectivity index (χ3n) is 5.56. The second-order valence-corrected chi connectivity index (χ2v) is 8.70. The Hall–Kier alpha value is -2.87. The smallest absolute Gasteiger partial charge is 0.195 e. The quantitative estimate of drug-likeness (QED) is 0.374. The zero-order valence-electron chi connectivity index (χ0n) is 17.9. The second kappa shape index (κ2) is 10.2. The predicted molar refractivity (Wildman–Crippen MR) is 128 cm³/mol. The fourth-order valence-corrected chi connectivity index (χ4v) is 4.85. The summed E-state index contributed by atoms with van der Waals surface area (Å²) < 4.78 is 13.8. The maximum absolute atomic E-state index is 6.23. The van der Waals surface area contributed by atoms with Gasteiger partial charge in [-0.2, -0.15) is 0 Å². The van der Waals surface area contributed by atoms with Crippen LogP contribution in [0.15, 0.2) is 78.0 Å². The standard InChI is InChI=1S/C25H26N4O2S/c1-2-9-21(10-3-1)29-24(19-31-23-12-6-8-20-7-4-5-11-22(20)23)26-27-25(29)32-18-15-28-13-16-30-17-14-28/h1-12H,13-19H2. The Morgan fingerprint density at radius 3 is 2.53 bits per heavy atom. The molecule has 5 rings (SSSR count). The zero-order chi connectivity index (χ0) is 21.6. The maximum Gasteiger partial charge on any atom is 0.195 e. The Morgan fingerprint density at radius 1 is 0.875 bits per heavy atom. The van der Waals surface area contributed by atoms with Gasteiger partial charge in [-0.05, 0) is 23.6 Å². The molecule has 1 aromatic heterocycles. The second-order valence-electron chi connectivity index (χ2n) is 7.64. The molecule has 0 bridgehead atoms. The topological polar surface area (TPSA) is 52.4 Å². The van der Waals surface area contributed by atoms with E-state index in [0.29, 0.717) is 6.61 Å². The number of hydrogen-bond acceptors (Lipinski definition) is 6. The highest BCUT2D eigenvalue weighted by Crippen LogP contribution is 2.27. The lowest BCUT2D eigenvalue weighted by Gasteiger charge is -2.26. The highest BCUT2D eigenvalue weighted by Gasteiger charge is 2.17. The van der Waals surface area contributed by atoms with Gasteiger partial charge in [0.15, 0.2) is 11.0 Å². The van der Waals surface area contributed by atoms with Gasteiger partial charge < -0.3 is 9.47 Å². The van der Waals surface area contributed by atoms with Crippen LogP contribution in [0.4, 0.5) is 0 Å². The molecule has 4 aromatic rings. The Morgan fingerprint density at radius 2 is 1.66 bits per heavy atom. The lowest BCUT2D eigenvalue weighted by molar-refractivity contribution is 0.0410. The summed E-state index contributed by atoms with van der Waals surface area (Å²) in [5.41, 5.74) is 1.04. The van der Waals surface area contributed by atoms with E-state index in [2.05, 4.69) is 50.0 Å². The van der Waals surface area contributed by atoms with Crippen LogP contribution in [0.1, 0.15) is 5.82 Å². The Bertz CT molecular complexity index is 1150. The van der Waals surface area contributed by atoms with Gasteiger partial charge in [0, 0.05) is 36.5 Å². The van der Waals surface area contributed by atoms with E-state index < -0.39 is 0 Å². The van der Waals surface area contributed by atoms with Gasteiger partial charge in [0.05, 0.1) is 13.2 Å². The first-order chi connectivity index (χ1) is 15.9. The van der Waals surface area contributed by atoms with Gasteiger partial charge >= 0.3 is 0 Å². The number of ether oxygens (including phenoxy) is 2. The first-order valence-electron chi connectivity index (χ1n) is 10.9. The molecule has 0 saturated carbocycles. The molecule has 0 atom stereocenters.